The molecule has 1 fully saturated rings. The number of nitrogens with two attached hydrogens (primary N) is 1. The van der Waals surface area contributed by atoms with Gasteiger partial charge in [-0.2, -0.15) is 0 Å². The number of hydrogen-bond acceptors (Lipinski definition) is 5. The summed E-state index contributed by atoms with van der Waals surface area (Å²) < 4.78 is 5.39. The van der Waals surface area contributed by atoms with Gasteiger partial charge in [0.2, 0.25) is 0 Å². The summed E-state index contributed by atoms with van der Waals surface area (Å²) in [6, 6.07) is 6.62. The topological polar surface area (TPSA) is 55.3 Å². The Labute approximate surface area is 110 Å². The van der Waals surface area contributed by atoms with Crippen molar-refractivity contribution in [3.63, 3.8) is 0 Å². The SMILES string of the molecule is NCC1CCCN1Cc1cc(-c2cccs2)on1. The molecule has 1 atom stereocenters. The maximum atomic E-state index is 5.78. The predicted octanol–water partition coefficient (Wildman–Crippen LogP) is 2.33. The normalized spacial score (nSPS) is 20.6. The maximum Gasteiger partial charge on any atom is 0.177 e. The van der Waals surface area contributed by atoms with Crippen LogP contribution in [0.3, 0.4) is 0 Å². The summed E-state index contributed by atoms with van der Waals surface area (Å²) in [7, 11) is 0. The van der Waals surface area contributed by atoms with E-state index in [0.29, 0.717) is 6.04 Å². The Bertz CT molecular complexity index is 494. The molecule has 96 valence electrons. The predicted molar refractivity (Wildman–Crippen MR) is 72.3 cm³/mol. The summed E-state index contributed by atoms with van der Waals surface area (Å²) >= 11 is 1.67. The Balaban J connectivity index is 1.70. The molecule has 0 saturated carbocycles. The highest BCUT2D eigenvalue weighted by Crippen LogP contribution is 2.26. The van der Waals surface area contributed by atoms with Crippen molar-refractivity contribution < 1.29 is 4.52 Å². The minimum absolute atomic E-state index is 0.506. The lowest BCUT2D eigenvalue weighted by molar-refractivity contribution is 0.242. The molecule has 2 aromatic heterocycles. The van der Waals surface area contributed by atoms with Gasteiger partial charge in [-0.3, -0.25) is 4.90 Å². The van der Waals surface area contributed by atoms with Crippen LogP contribution < -0.4 is 5.73 Å². The van der Waals surface area contributed by atoms with E-state index >= 15 is 0 Å². The van der Waals surface area contributed by atoms with E-state index in [9.17, 15) is 0 Å². The largest absolute Gasteiger partial charge is 0.355 e. The van der Waals surface area contributed by atoms with Crippen molar-refractivity contribution in [1.29, 1.82) is 0 Å². The number of rotatable bonds is 4. The second kappa shape index (κ2) is 5.22. The van der Waals surface area contributed by atoms with Crippen LogP contribution in [-0.4, -0.2) is 29.2 Å². The van der Waals surface area contributed by atoms with E-state index in [2.05, 4.69) is 10.1 Å². The first kappa shape index (κ1) is 11.9. The summed E-state index contributed by atoms with van der Waals surface area (Å²) in [4.78, 5) is 3.53. The summed E-state index contributed by atoms with van der Waals surface area (Å²) in [5.74, 6) is 0.864. The molecule has 1 saturated heterocycles. The van der Waals surface area contributed by atoms with Crippen molar-refractivity contribution in [2.24, 2.45) is 5.73 Å². The molecule has 3 rings (SSSR count). The second-order valence-corrected chi connectivity index (χ2v) is 5.61. The molecule has 0 bridgehead atoms. The third-order valence-corrected chi connectivity index (χ3v) is 4.34. The Morgan fingerprint density at radius 2 is 2.50 bits per heavy atom. The minimum Gasteiger partial charge on any atom is -0.355 e. The molecule has 3 heterocycles. The highest BCUT2D eigenvalue weighted by Gasteiger charge is 2.24. The number of aromatic nitrogens is 1. The average Bonchev–Trinajstić information content (AvgIpc) is 3.10. The molecule has 0 radical (unpaired) electrons. The van der Waals surface area contributed by atoms with E-state index in [1.807, 2.05) is 23.6 Å². The van der Waals surface area contributed by atoms with E-state index in [4.69, 9.17) is 10.3 Å². The summed E-state index contributed by atoms with van der Waals surface area (Å²) in [6.07, 6.45) is 2.43. The molecule has 1 aliphatic heterocycles. The van der Waals surface area contributed by atoms with Crippen molar-refractivity contribution in [2.45, 2.75) is 25.4 Å². The number of hydrogen-bond donors (Lipinski definition) is 1. The molecule has 0 amide bonds. The van der Waals surface area contributed by atoms with Crippen LogP contribution in [0.4, 0.5) is 0 Å². The van der Waals surface area contributed by atoms with Gasteiger partial charge in [-0.1, -0.05) is 11.2 Å². The standard InChI is InChI=1S/C13H17N3OS/c14-8-11-3-1-5-16(11)9-10-7-12(17-15-10)13-4-2-6-18-13/h2,4,6-7,11H,1,3,5,8-9,14H2. The molecule has 0 spiro atoms. The van der Waals surface area contributed by atoms with Crippen LogP contribution in [0.25, 0.3) is 10.6 Å². The fraction of sp³-hybridized carbons (Fsp3) is 0.462. The zero-order valence-corrected chi connectivity index (χ0v) is 11.0. The van der Waals surface area contributed by atoms with Gasteiger partial charge in [0.25, 0.3) is 0 Å². The molecule has 2 N–H and O–H groups in total. The monoisotopic (exact) mass is 263 g/mol. The molecule has 0 aromatic carbocycles. The van der Waals surface area contributed by atoms with Gasteiger partial charge < -0.3 is 10.3 Å². The van der Waals surface area contributed by atoms with Crippen LogP contribution in [0.1, 0.15) is 18.5 Å². The molecular formula is C13H17N3OS. The van der Waals surface area contributed by atoms with E-state index in [1.54, 1.807) is 11.3 Å². The van der Waals surface area contributed by atoms with Gasteiger partial charge >= 0.3 is 0 Å². The van der Waals surface area contributed by atoms with Crippen LogP contribution in [-0.2, 0) is 6.54 Å². The van der Waals surface area contributed by atoms with Crippen molar-refractivity contribution in [2.75, 3.05) is 13.1 Å². The third-order valence-electron chi connectivity index (χ3n) is 3.46. The number of likely N-dealkylation sites (tertiary alicyclic amines) is 1. The third kappa shape index (κ3) is 2.34. The van der Waals surface area contributed by atoms with Gasteiger partial charge in [0.15, 0.2) is 5.76 Å². The lowest BCUT2D eigenvalue weighted by Crippen LogP contribution is -2.34. The highest BCUT2D eigenvalue weighted by atomic mass is 32.1. The zero-order chi connectivity index (χ0) is 12.4. The van der Waals surface area contributed by atoms with Gasteiger partial charge in [-0.15, -0.1) is 11.3 Å². The summed E-state index contributed by atoms with van der Waals surface area (Å²) in [5.41, 5.74) is 6.78. The molecule has 1 unspecified atom stereocenters. The molecule has 1 aliphatic rings. The zero-order valence-electron chi connectivity index (χ0n) is 10.2. The van der Waals surface area contributed by atoms with Crippen LogP contribution in [0.15, 0.2) is 28.1 Å². The first-order chi connectivity index (χ1) is 8.86. The highest BCUT2D eigenvalue weighted by molar-refractivity contribution is 7.13. The lowest BCUT2D eigenvalue weighted by Gasteiger charge is -2.21. The van der Waals surface area contributed by atoms with E-state index in [-0.39, 0.29) is 0 Å². The van der Waals surface area contributed by atoms with Gasteiger partial charge in [-0.25, -0.2) is 0 Å². The Hall–Kier alpha value is -1.17. The average molecular weight is 263 g/mol. The molecule has 2 aromatic rings. The smallest absolute Gasteiger partial charge is 0.177 e. The fourth-order valence-electron chi connectivity index (χ4n) is 2.50. The number of thiophene rings is 1. The van der Waals surface area contributed by atoms with Crippen LogP contribution in [0, 0.1) is 0 Å². The summed E-state index contributed by atoms with van der Waals surface area (Å²) in [5, 5.41) is 6.20. The molecule has 0 aliphatic carbocycles. The van der Waals surface area contributed by atoms with Crippen molar-refractivity contribution in [1.82, 2.24) is 10.1 Å². The molecule has 18 heavy (non-hydrogen) atoms. The van der Waals surface area contributed by atoms with Crippen molar-refractivity contribution >= 4 is 11.3 Å². The van der Waals surface area contributed by atoms with E-state index in [1.165, 1.54) is 12.8 Å². The van der Waals surface area contributed by atoms with Gasteiger partial charge in [-0.05, 0) is 30.8 Å². The first-order valence-electron chi connectivity index (χ1n) is 6.30. The van der Waals surface area contributed by atoms with Gasteiger partial charge in [0.1, 0.15) is 0 Å². The second-order valence-electron chi connectivity index (χ2n) is 4.66. The molecule has 4 nitrogen and oxygen atoms in total. The van der Waals surface area contributed by atoms with Crippen LogP contribution in [0.5, 0.6) is 0 Å². The van der Waals surface area contributed by atoms with Crippen molar-refractivity contribution in [3.05, 3.63) is 29.3 Å². The lowest BCUT2D eigenvalue weighted by atomic mass is 10.2. The van der Waals surface area contributed by atoms with Gasteiger partial charge in [0.05, 0.1) is 10.6 Å². The van der Waals surface area contributed by atoms with Crippen LogP contribution >= 0.6 is 11.3 Å². The maximum absolute atomic E-state index is 5.78. The first-order valence-corrected chi connectivity index (χ1v) is 7.18. The number of nitrogens with zero attached hydrogens (tertiary/aromatic N) is 2. The Morgan fingerprint density at radius 3 is 3.28 bits per heavy atom. The summed E-state index contributed by atoms with van der Waals surface area (Å²) in [6.45, 7) is 2.69. The molecule has 5 heteroatoms. The Kier molecular flexibility index (Phi) is 3.45. The fourth-order valence-corrected chi connectivity index (χ4v) is 3.17. The quantitative estimate of drug-likeness (QED) is 0.919. The van der Waals surface area contributed by atoms with E-state index < -0.39 is 0 Å². The van der Waals surface area contributed by atoms with Gasteiger partial charge in [0, 0.05) is 25.2 Å². The molecular weight excluding hydrogens is 246 g/mol. The van der Waals surface area contributed by atoms with Crippen molar-refractivity contribution in [3.8, 4) is 10.6 Å². The van der Waals surface area contributed by atoms with E-state index in [0.717, 1.165) is 36.0 Å². The Morgan fingerprint density at radius 1 is 1.56 bits per heavy atom. The minimum atomic E-state index is 0.506. The van der Waals surface area contributed by atoms with Crippen LogP contribution in [0.2, 0.25) is 0 Å².